The van der Waals surface area contributed by atoms with Gasteiger partial charge in [-0.25, -0.2) is 0 Å². The fourth-order valence-electron chi connectivity index (χ4n) is 3.32. The second-order valence-corrected chi connectivity index (χ2v) is 8.97. The van der Waals surface area contributed by atoms with E-state index in [0.29, 0.717) is 23.7 Å². The zero-order valence-electron chi connectivity index (χ0n) is 17.8. The molecule has 0 unspecified atom stereocenters. The van der Waals surface area contributed by atoms with Crippen molar-refractivity contribution in [3.8, 4) is 5.75 Å². The summed E-state index contributed by atoms with van der Waals surface area (Å²) >= 11 is 5.93. The minimum atomic E-state index is -0.710. The van der Waals surface area contributed by atoms with Crippen molar-refractivity contribution >= 4 is 40.5 Å². The zero-order valence-corrected chi connectivity index (χ0v) is 18.5. The van der Waals surface area contributed by atoms with Gasteiger partial charge in [-0.3, -0.25) is 19.7 Å². The smallest absolute Gasteiger partial charge is 0.282 e. The molecule has 0 radical (unpaired) electrons. The minimum absolute atomic E-state index is 0.0751. The van der Waals surface area contributed by atoms with Crippen molar-refractivity contribution in [2.45, 2.75) is 27.7 Å². The van der Waals surface area contributed by atoms with Crippen molar-refractivity contribution in [1.82, 2.24) is 0 Å². The predicted molar refractivity (Wildman–Crippen MR) is 119 cm³/mol. The van der Waals surface area contributed by atoms with Crippen LogP contribution in [-0.4, -0.2) is 29.9 Å². The van der Waals surface area contributed by atoms with E-state index in [1.54, 1.807) is 23.1 Å². The molecule has 0 saturated heterocycles. The third-order valence-corrected chi connectivity index (χ3v) is 5.10. The largest absolute Gasteiger partial charge is 0.490 e. The van der Waals surface area contributed by atoms with Crippen LogP contribution in [0.3, 0.4) is 0 Å². The quantitative estimate of drug-likeness (QED) is 0.520. The number of halogens is 1. The molecule has 0 aromatic heterocycles. The van der Waals surface area contributed by atoms with E-state index in [0.717, 1.165) is 0 Å². The van der Waals surface area contributed by atoms with E-state index in [4.69, 9.17) is 16.3 Å². The number of rotatable bonds is 5. The zero-order chi connectivity index (χ0) is 22.9. The molecule has 1 aliphatic heterocycles. The summed E-state index contributed by atoms with van der Waals surface area (Å²) in [5, 5.41) is 14.2. The highest BCUT2D eigenvalue weighted by atomic mass is 35.5. The van der Waals surface area contributed by atoms with Crippen molar-refractivity contribution < 1.29 is 19.2 Å². The molecule has 8 nitrogen and oxygen atoms in total. The van der Waals surface area contributed by atoms with Crippen LogP contribution in [0.25, 0.3) is 0 Å². The molecule has 2 amide bonds. The average Bonchev–Trinajstić information content (AvgIpc) is 2.77. The van der Waals surface area contributed by atoms with E-state index in [-0.39, 0.29) is 34.7 Å². The molecule has 0 aliphatic carbocycles. The summed E-state index contributed by atoms with van der Waals surface area (Å²) in [4.78, 5) is 38.2. The monoisotopic (exact) mass is 445 g/mol. The van der Waals surface area contributed by atoms with Crippen LogP contribution in [0.4, 0.5) is 17.1 Å². The Morgan fingerprint density at radius 2 is 2.00 bits per heavy atom. The van der Waals surface area contributed by atoms with Gasteiger partial charge < -0.3 is 15.0 Å². The second kappa shape index (κ2) is 8.55. The first-order valence-electron chi connectivity index (χ1n) is 9.83. The van der Waals surface area contributed by atoms with E-state index < -0.39 is 16.2 Å². The summed E-state index contributed by atoms with van der Waals surface area (Å²) in [6, 6.07) is 8.74. The maximum absolute atomic E-state index is 13.1. The predicted octanol–water partition coefficient (Wildman–Crippen LogP) is 4.91. The van der Waals surface area contributed by atoms with Gasteiger partial charge in [-0.15, -0.1) is 0 Å². The second-order valence-electron chi connectivity index (χ2n) is 8.54. The Balaban J connectivity index is 1.98. The van der Waals surface area contributed by atoms with Gasteiger partial charge in [0.25, 0.3) is 11.6 Å². The molecule has 3 rings (SSSR count). The summed E-state index contributed by atoms with van der Waals surface area (Å²) in [7, 11) is 0. The number of nitrogens with one attached hydrogen (secondary N) is 1. The Kier molecular flexibility index (Phi) is 6.22. The fourth-order valence-corrected chi connectivity index (χ4v) is 3.49. The Hall–Kier alpha value is -3.13. The third-order valence-electron chi connectivity index (χ3n) is 4.87. The standard InChI is InChI=1S/C22H24ClN3O5/c1-13(2)11-25-18-10-15(6-8-19(18)31-12-22(3,4)21(25)28)24-20(27)16-9-14(23)5-7-17(16)26(29)30/h5-10,13H,11-12H2,1-4H3,(H,24,27). The minimum Gasteiger partial charge on any atom is -0.490 e. The highest BCUT2D eigenvalue weighted by Gasteiger charge is 2.38. The number of hydrogen-bond donors (Lipinski definition) is 1. The van der Waals surface area contributed by atoms with E-state index in [2.05, 4.69) is 5.32 Å². The summed E-state index contributed by atoms with van der Waals surface area (Å²) in [5.41, 5.74) is -0.289. The molecule has 1 heterocycles. The fraction of sp³-hybridized carbons (Fsp3) is 0.364. The van der Waals surface area contributed by atoms with Gasteiger partial charge >= 0.3 is 0 Å². The number of nitro groups is 1. The SMILES string of the molecule is CC(C)CN1C(=O)C(C)(C)COc2ccc(NC(=O)c3cc(Cl)ccc3[N+](=O)[O-])cc21. The van der Waals surface area contributed by atoms with Gasteiger partial charge in [-0.1, -0.05) is 25.4 Å². The maximum Gasteiger partial charge on any atom is 0.282 e. The molecule has 0 atom stereocenters. The highest BCUT2D eigenvalue weighted by molar-refractivity contribution is 6.31. The van der Waals surface area contributed by atoms with Crippen molar-refractivity contribution in [3.05, 3.63) is 57.1 Å². The topological polar surface area (TPSA) is 102 Å². The van der Waals surface area contributed by atoms with E-state index in [1.165, 1.54) is 18.2 Å². The molecule has 0 saturated carbocycles. The molecule has 2 aromatic carbocycles. The summed E-state index contributed by atoms with van der Waals surface area (Å²) in [6.07, 6.45) is 0. The average molecular weight is 446 g/mol. The normalized spacial score (nSPS) is 15.2. The lowest BCUT2D eigenvalue weighted by Gasteiger charge is -2.29. The van der Waals surface area contributed by atoms with Crippen LogP contribution in [0.5, 0.6) is 5.75 Å². The third kappa shape index (κ3) is 4.80. The van der Waals surface area contributed by atoms with Gasteiger partial charge in [0.1, 0.15) is 17.9 Å². The van der Waals surface area contributed by atoms with Gasteiger partial charge in [0.15, 0.2) is 0 Å². The molecular weight excluding hydrogens is 422 g/mol. The number of anilines is 2. The van der Waals surface area contributed by atoms with Crippen molar-refractivity contribution in [1.29, 1.82) is 0 Å². The number of amides is 2. The first kappa shape index (κ1) is 22.6. The van der Waals surface area contributed by atoms with Crippen LogP contribution < -0.4 is 15.0 Å². The highest BCUT2D eigenvalue weighted by Crippen LogP contribution is 2.39. The number of nitrogens with zero attached hydrogens (tertiary/aromatic N) is 2. The Bertz CT molecular complexity index is 1050. The lowest BCUT2D eigenvalue weighted by molar-refractivity contribution is -0.385. The van der Waals surface area contributed by atoms with Gasteiger partial charge in [0.05, 0.1) is 16.0 Å². The first-order valence-corrected chi connectivity index (χ1v) is 10.2. The number of carbonyl (C=O) groups excluding carboxylic acids is 2. The van der Waals surface area contributed by atoms with E-state index in [9.17, 15) is 19.7 Å². The van der Waals surface area contributed by atoms with E-state index in [1.807, 2.05) is 27.7 Å². The van der Waals surface area contributed by atoms with Gasteiger partial charge in [0, 0.05) is 23.3 Å². The number of hydrogen-bond acceptors (Lipinski definition) is 5. The van der Waals surface area contributed by atoms with Gasteiger partial charge in [0.2, 0.25) is 5.91 Å². The number of carbonyl (C=O) groups is 2. The maximum atomic E-state index is 13.1. The van der Waals surface area contributed by atoms with Crippen LogP contribution in [0.15, 0.2) is 36.4 Å². The molecule has 1 N–H and O–H groups in total. The first-order chi connectivity index (χ1) is 14.5. The molecule has 0 fully saturated rings. The lowest BCUT2D eigenvalue weighted by Crippen LogP contribution is -2.43. The number of fused-ring (bicyclic) bond motifs is 1. The number of nitro benzene ring substituents is 1. The lowest BCUT2D eigenvalue weighted by atomic mass is 9.92. The van der Waals surface area contributed by atoms with E-state index >= 15 is 0 Å². The molecule has 0 spiro atoms. The van der Waals surface area contributed by atoms with Crippen LogP contribution in [-0.2, 0) is 4.79 Å². The summed E-state index contributed by atoms with van der Waals surface area (Å²) in [6.45, 7) is 8.39. The molecule has 164 valence electrons. The molecule has 0 bridgehead atoms. The van der Waals surface area contributed by atoms with Gasteiger partial charge in [-0.05, 0) is 50.1 Å². The van der Waals surface area contributed by atoms with Crippen LogP contribution in [0.1, 0.15) is 38.1 Å². The van der Waals surface area contributed by atoms with Crippen LogP contribution in [0.2, 0.25) is 5.02 Å². The number of ether oxygens (including phenoxy) is 1. The molecule has 31 heavy (non-hydrogen) atoms. The molecule has 1 aliphatic rings. The van der Waals surface area contributed by atoms with Crippen molar-refractivity contribution in [2.75, 3.05) is 23.4 Å². The molecular formula is C22H24ClN3O5. The molecule has 2 aromatic rings. The molecule has 9 heteroatoms. The van der Waals surface area contributed by atoms with Crippen molar-refractivity contribution in [3.63, 3.8) is 0 Å². The number of benzene rings is 2. The Morgan fingerprint density at radius 1 is 1.29 bits per heavy atom. The van der Waals surface area contributed by atoms with Crippen LogP contribution in [0, 0.1) is 21.4 Å². The Morgan fingerprint density at radius 3 is 2.65 bits per heavy atom. The van der Waals surface area contributed by atoms with Crippen molar-refractivity contribution in [2.24, 2.45) is 11.3 Å². The van der Waals surface area contributed by atoms with Crippen LogP contribution >= 0.6 is 11.6 Å². The Labute approximate surface area is 185 Å². The summed E-state index contributed by atoms with van der Waals surface area (Å²) in [5.74, 6) is -0.0102. The summed E-state index contributed by atoms with van der Waals surface area (Å²) < 4.78 is 5.87. The van der Waals surface area contributed by atoms with Gasteiger partial charge in [-0.2, -0.15) is 0 Å².